The van der Waals surface area contributed by atoms with Crippen LogP contribution in [0.5, 0.6) is 0 Å². The molecule has 4 aromatic rings. The lowest BCUT2D eigenvalue weighted by Crippen LogP contribution is -2.46. The number of Topliss-reactive ketones (excluding diaryl/α,β-unsaturated/α-hetero) is 1. The third-order valence-corrected chi connectivity index (χ3v) is 7.77. The van der Waals surface area contributed by atoms with Gasteiger partial charge in [0.1, 0.15) is 11.8 Å². The van der Waals surface area contributed by atoms with Gasteiger partial charge in [0.2, 0.25) is 0 Å². The largest absolute Gasteiger partial charge is 0.364 e. The van der Waals surface area contributed by atoms with E-state index in [1.54, 1.807) is 6.20 Å². The quantitative estimate of drug-likeness (QED) is 0.167. The van der Waals surface area contributed by atoms with Gasteiger partial charge in [-0.15, -0.1) is 0 Å². The minimum Gasteiger partial charge on any atom is -0.364 e. The third-order valence-electron chi connectivity index (χ3n) is 7.77. The van der Waals surface area contributed by atoms with Crippen LogP contribution in [-0.2, 0) is 6.42 Å². The highest BCUT2D eigenvalue weighted by atomic mass is 16.5. The smallest absolute Gasteiger partial charge is 0.257 e. The van der Waals surface area contributed by atoms with Gasteiger partial charge in [-0.05, 0) is 75.4 Å². The molecule has 9 heteroatoms. The number of carbonyl (C=O) groups excluding carboxylic acids is 2. The first-order valence-corrected chi connectivity index (χ1v) is 14.1. The maximum absolute atomic E-state index is 13.8. The van der Waals surface area contributed by atoms with Gasteiger partial charge in [0.25, 0.3) is 5.91 Å². The Morgan fingerprint density at radius 2 is 1.75 bits per heavy atom. The Morgan fingerprint density at radius 1 is 1.02 bits per heavy atom. The Kier molecular flexibility index (Phi) is 8.38. The van der Waals surface area contributed by atoms with E-state index in [0.717, 1.165) is 72.5 Å². The van der Waals surface area contributed by atoms with E-state index in [1.807, 2.05) is 57.2 Å². The van der Waals surface area contributed by atoms with Gasteiger partial charge in [0.15, 0.2) is 5.78 Å². The fourth-order valence-corrected chi connectivity index (χ4v) is 5.57. The van der Waals surface area contributed by atoms with Gasteiger partial charge in [-0.3, -0.25) is 19.7 Å². The molecule has 0 unspecified atom stereocenters. The number of carbonyl (C=O) groups is 2. The second-order valence-corrected chi connectivity index (χ2v) is 10.5. The topological polar surface area (TPSA) is 126 Å². The number of nitrogens with zero attached hydrogens (tertiary/aromatic N) is 3. The number of aromatic nitrogens is 4. The fourth-order valence-electron chi connectivity index (χ4n) is 5.57. The first kappa shape index (κ1) is 27.3. The number of nitrogens with one attached hydrogen (secondary N) is 3. The lowest BCUT2D eigenvalue weighted by Gasteiger charge is -2.26. The van der Waals surface area contributed by atoms with E-state index in [0.29, 0.717) is 23.2 Å². The number of ketones is 1. The van der Waals surface area contributed by atoms with Crippen LogP contribution in [0.4, 0.5) is 11.4 Å². The molecule has 1 aliphatic carbocycles. The minimum atomic E-state index is -0.601. The summed E-state index contributed by atoms with van der Waals surface area (Å²) in [7, 11) is 0. The lowest BCUT2D eigenvalue weighted by atomic mass is 9.86. The Labute approximate surface area is 234 Å². The summed E-state index contributed by atoms with van der Waals surface area (Å²) in [5.41, 5.74) is 7.01. The van der Waals surface area contributed by atoms with E-state index >= 15 is 0 Å². The molecule has 3 aromatic heterocycles. The van der Waals surface area contributed by atoms with Gasteiger partial charge >= 0.3 is 0 Å². The predicted octanol–water partition coefficient (Wildman–Crippen LogP) is 6.33. The maximum Gasteiger partial charge on any atom is 0.257 e. The molecule has 1 fully saturated rings. The zero-order valence-electron chi connectivity index (χ0n) is 23.3. The maximum atomic E-state index is 13.8. The van der Waals surface area contributed by atoms with Crippen molar-refractivity contribution in [1.82, 2.24) is 25.7 Å². The number of anilines is 2. The second-order valence-electron chi connectivity index (χ2n) is 10.5. The van der Waals surface area contributed by atoms with Crippen LogP contribution in [-0.4, -0.2) is 38.1 Å². The van der Waals surface area contributed by atoms with Crippen molar-refractivity contribution in [3.8, 4) is 11.3 Å². The molecule has 0 aliphatic heterocycles. The van der Waals surface area contributed by atoms with Crippen LogP contribution < -0.4 is 10.6 Å². The average molecular weight is 541 g/mol. The highest BCUT2D eigenvalue weighted by molar-refractivity contribution is 6.04. The highest BCUT2D eigenvalue weighted by Crippen LogP contribution is 2.29. The van der Waals surface area contributed by atoms with E-state index in [-0.39, 0.29) is 17.6 Å². The molecule has 1 aliphatic rings. The number of hydrogen-bond donors (Lipinski definition) is 3. The van der Waals surface area contributed by atoms with Crippen LogP contribution in [0.15, 0.2) is 53.4 Å². The second kappa shape index (κ2) is 12.3. The van der Waals surface area contributed by atoms with Crippen molar-refractivity contribution in [1.29, 1.82) is 0 Å². The summed E-state index contributed by atoms with van der Waals surface area (Å²) in [6.45, 7) is 5.86. The third kappa shape index (κ3) is 5.98. The lowest BCUT2D eigenvalue weighted by molar-refractivity contribution is 0.0813. The molecule has 1 aromatic carbocycles. The number of aryl methyl sites for hydroxylation is 3. The highest BCUT2D eigenvalue weighted by Gasteiger charge is 2.32. The Hall–Kier alpha value is -4.27. The molecule has 9 nitrogen and oxygen atoms in total. The van der Waals surface area contributed by atoms with Gasteiger partial charge in [-0.1, -0.05) is 37.8 Å². The molecule has 3 heterocycles. The predicted molar refractivity (Wildman–Crippen MR) is 154 cm³/mol. The number of H-pyrrole nitrogens is 1. The van der Waals surface area contributed by atoms with Gasteiger partial charge < -0.3 is 15.2 Å². The monoisotopic (exact) mass is 540 g/mol. The standard InChI is InChI=1S/C31H36N6O3/c1-4-26-25(18-40-37-26)31(39)34-29(21-9-7-5-6-8-10-21)30(38)22-11-13-23(14-12-22)33-24-15-16-27(32-17-24)28-19(2)35-36-20(28)3/h11-18,21,29,33H,4-10H2,1-3H3,(H,34,39)(H,35,36)/t29-/m0/s1. The molecule has 0 spiro atoms. The van der Waals surface area contributed by atoms with E-state index in [1.165, 1.54) is 6.26 Å². The molecule has 0 radical (unpaired) electrons. The van der Waals surface area contributed by atoms with Crippen molar-refractivity contribution in [3.63, 3.8) is 0 Å². The normalized spacial score (nSPS) is 14.9. The van der Waals surface area contributed by atoms with Crippen molar-refractivity contribution in [2.45, 2.75) is 71.8 Å². The van der Waals surface area contributed by atoms with Crippen LogP contribution in [0.1, 0.15) is 83.2 Å². The first-order valence-electron chi connectivity index (χ1n) is 14.1. The number of hydrogen-bond acceptors (Lipinski definition) is 7. The molecule has 3 N–H and O–H groups in total. The molecular weight excluding hydrogens is 504 g/mol. The molecule has 1 amide bonds. The van der Waals surface area contributed by atoms with Gasteiger partial charge in [0.05, 0.1) is 35.0 Å². The molecule has 208 valence electrons. The van der Waals surface area contributed by atoms with E-state index in [4.69, 9.17) is 4.52 Å². The van der Waals surface area contributed by atoms with Crippen LogP contribution >= 0.6 is 0 Å². The van der Waals surface area contributed by atoms with E-state index in [9.17, 15) is 9.59 Å². The number of rotatable bonds is 9. The first-order chi connectivity index (χ1) is 19.4. The zero-order chi connectivity index (χ0) is 28.1. The van der Waals surface area contributed by atoms with Crippen molar-refractivity contribution < 1.29 is 14.1 Å². The molecule has 0 saturated heterocycles. The molecule has 1 saturated carbocycles. The SMILES string of the molecule is CCc1nocc1C(=O)N[C@H](C(=O)c1ccc(Nc2ccc(-c3c(C)n[nH]c3C)nc2)cc1)C1CCCCCC1. The van der Waals surface area contributed by atoms with Gasteiger partial charge in [-0.25, -0.2) is 0 Å². The van der Waals surface area contributed by atoms with Crippen molar-refractivity contribution in [2.24, 2.45) is 5.92 Å². The summed E-state index contributed by atoms with van der Waals surface area (Å²) in [6.07, 6.45) is 10.0. The molecule has 0 bridgehead atoms. The van der Waals surface area contributed by atoms with Crippen LogP contribution in [0.3, 0.4) is 0 Å². The van der Waals surface area contributed by atoms with E-state index in [2.05, 4.69) is 31.0 Å². The van der Waals surface area contributed by atoms with Crippen LogP contribution in [0.25, 0.3) is 11.3 Å². The summed E-state index contributed by atoms with van der Waals surface area (Å²) in [5, 5.41) is 17.6. The minimum absolute atomic E-state index is 0.0711. The molecule has 1 atom stereocenters. The fraction of sp³-hybridized carbons (Fsp3) is 0.387. The van der Waals surface area contributed by atoms with Crippen molar-refractivity contribution >= 4 is 23.1 Å². The Balaban J connectivity index is 1.31. The van der Waals surface area contributed by atoms with Crippen LogP contribution in [0, 0.1) is 19.8 Å². The number of amides is 1. The van der Waals surface area contributed by atoms with E-state index < -0.39 is 6.04 Å². The average Bonchev–Trinajstić information content (AvgIpc) is 3.48. The van der Waals surface area contributed by atoms with Gasteiger partial charge in [0, 0.05) is 22.5 Å². The molecule has 5 rings (SSSR count). The number of pyridine rings is 1. The Morgan fingerprint density at radius 3 is 2.38 bits per heavy atom. The Bertz CT molecular complexity index is 1430. The summed E-state index contributed by atoms with van der Waals surface area (Å²) in [6, 6.07) is 10.7. The summed E-state index contributed by atoms with van der Waals surface area (Å²) in [5.74, 6) is -0.289. The molecule has 40 heavy (non-hydrogen) atoms. The summed E-state index contributed by atoms with van der Waals surface area (Å²) in [4.78, 5) is 31.6. The molecular formula is C31H36N6O3. The summed E-state index contributed by atoms with van der Waals surface area (Å²) >= 11 is 0. The summed E-state index contributed by atoms with van der Waals surface area (Å²) < 4.78 is 5.04. The van der Waals surface area contributed by atoms with Gasteiger partial charge in [-0.2, -0.15) is 5.10 Å². The van der Waals surface area contributed by atoms with Crippen molar-refractivity contribution in [2.75, 3.05) is 5.32 Å². The number of aromatic amines is 1. The van der Waals surface area contributed by atoms with Crippen LogP contribution in [0.2, 0.25) is 0 Å². The number of benzene rings is 1. The zero-order valence-corrected chi connectivity index (χ0v) is 23.3. The van der Waals surface area contributed by atoms with Crippen molar-refractivity contribution in [3.05, 3.63) is 77.1 Å².